The van der Waals surface area contributed by atoms with Crippen LogP contribution in [0.3, 0.4) is 0 Å². The first-order valence-electron chi connectivity index (χ1n) is 4.99. The first kappa shape index (κ1) is 12.9. The van der Waals surface area contributed by atoms with Gasteiger partial charge in [-0.3, -0.25) is 0 Å². The Kier molecular flexibility index (Phi) is 5.53. The summed E-state index contributed by atoms with van der Waals surface area (Å²) in [5.41, 5.74) is -0.258. The van der Waals surface area contributed by atoms with E-state index < -0.39 is 0 Å². The monoisotopic (exact) mass is 189 g/mol. The standard InChI is InChI=1S/C10H23NO2/c1-6-7-8-13-9(2)11(12)10(3,4)5/h9,12H,6-8H2,1-5H3. The number of nitrogens with zero attached hydrogens (tertiary/aromatic N) is 1. The molecule has 0 aliphatic heterocycles. The fraction of sp³-hybridized carbons (Fsp3) is 1.00. The average Bonchev–Trinajstić information content (AvgIpc) is 2.01. The maximum absolute atomic E-state index is 9.66. The van der Waals surface area contributed by atoms with E-state index in [2.05, 4.69) is 6.92 Å². The average molecular weight is 189 g/mol. The molecule has 0 rings (SSSR count). The molecule has 0 saturated heterocycles. The molecule has 3 nitrogen and oxygen atoms in total. The third kappa shape index (κ3) is 5.24. The molecular formula is C10H23NO2. The lowest BCUT2D eigenvalue weighted by Gasteiger charge is -2.34. The molecule has 1 atom stereocenters. The predicted molar refractivity (Wildman–Crippen MR) is 53.7 cm³/mol. The third-order valence-corrected chi connectivity index (χ3v) is 1.89. The van der Waals surface area contributed by atoms with Crippen LogP contribution in [-0.4, -0.2) is 28.6 Å². The van der Waals surface area contributed by atoms with Crippen LogP contribution in [0.5, 0.6) is 0 Å². The van der Waals surface area contributed by atoms with Gasteiger partial charge in [-0.05, 0) is 34.1 Å². The van der Waals surface area contributed by atoms with Gasteiger partial charge in [-0.15, -0.1) is 0 Å². The summed E-state index contributed by atoms with van der Waals surface area (Å²) in [5, 5.41) is 10.9. The van der Waals surface area contributed by atoms with E-state index in [1.54, 1.807) is 0 Å². The summed E-state index contributed by atoms with van der Waals surface area (Å²) >= 11 is 0. The smallest absolute Gasteiger partial charge is 0.130 e. The SMILES string of the molecule is CCCCOC(C)N(O)C(C)(C)C. The molecule has 0 aliphatic rings. The van der Waals surface area contributed by atoms with Crippen molar-refractivity contribution in [2.24, 2.45) is 0 Å². The second-order valence-electron chi connectivity index (χ2n) is 4.34. The molecule has 0 aromatic rings. The van der Waals surface area contributed by atoms with E-state index in [4.69, 9.17) is 4.74 Å². The molecule has 0 bridgehead atoms. The van der Waals surface area contributed by atoms with Gasteiger partial charge >= 0.3 is 0 Å². The first-order valence-corrected chi connectivity index (χ1v) is 4.99. The van der Waals surface area contributed by atoms with Gasteiger partial charge in [0.2, 0.25) is 0 Å². The lowest BCUT2D eigenvalue weighted by atomic mass is 10.1. The summed E-state index contributed by atoms with van der Waals surface area (Å²) in [6.07, 6.45) is 1.93. The van der Waals surface area contributed by atoms with Gasteiger partial charge in [0.15, 0.2) is 0 Å². The molecule has 1 unspecified atom stereocenters. The molecule has 1 N–H and O–H groups in total. The minimum atomic E-state index is -0.258. The van der Waals surface area contributed by atoms with E-state index in [-0.39, 0.29) is 11.8 Å². The van der Waals surface area contributed by atoms with Crippen molar-refractivity contribution >= 4 is 0 Å². The second kappa shape index (κ2) is 5.58. The van der Waals surface area contributed by atoms with E-state index >= 15 is 0 Å². The normalized spacial score (nSPS) is 15.0. The zero-order valence-electron chi connectivity index (χ0n) is 9.50. The van der Waals surface area contributed by atoms with E-state index in [0.29, 0.717) is 6.61 Å². The number of ether oxygens (including phenoxy) is 1. The highest BCUT2D eigenvalue weighted by Gasteiger charge is 2.24. The van der Waals surface area contributed by atoms with Gasteiger partial charge in [0.1, 0.15) is 6.23 Å². The van der Waals surface area contributed by atoms with Crippen molar-refractivity contribution in [3.63, 3.8) is 0 Å². The van der Waals surface area contributed by atoms with E-state index in [0.717, 1.165) is 12.8 Å². The highest BCUT2D eigenvalue weighted by molar-refractivity contribution is 4.69. The molecule has 3 heteroatoms. The van der Waals surface area contributed by atoms with Crippen molar-refractivity contribution in [1.82, 2.24) is 5.06 Å². The molecule has 13 heavy (non-hydrogen) atoms. The number of unbranched alkanes of at least 4 members (excludes halogenated alkanes) is 1. The van der Waals surface area contributed by atoms with Gasteiger partial charge in [-0.25, -0.2) is 0 Å². The molecule has 0 radical (unpaired) electrons. The quantitative estimate of drug-likeness (QED) is 0.410. The van der Waals surface area contributed by atoms with Crippen LogP contribution in [0.15, 0.2) is 0 Å². The maximum Gasteiger partial charge on any atom is 0.130 e. The second-order valence-corrected chi connectivity index (χ2v) is 4.34. The number of hydrogen-bond donors (Lipinski definition) is 1. The van der Waals surface area contributed by atoms with E-state index in [1.807, 2.05) is 27.7 Å². The van der Waals surface area contributed by atoms with Crippen LogP contribution in [-0.2, 0) is 4.74 Å². The van der Waals surface area contributed by atoms with Crippen LogP contribution in [0.1, 0.15) is 47.5 Å². The summed E-state index contributed by atoms with van der Waals surface area (Å²) in [6.45, 7) is 10.5. The van der Waals surface area contributed by atoms with Gasteiger partial charge in [-0.1, -0.05) is 13.3 Å². The summed E-state index contributed by atoms with van der Waals surface area (Å²) < 4.78 is 5.45. The molecule has 0 fully saturated rings. The Balaban J connectivity index is 3.76. The van der Waals surface area contributed by atoms with Crippen molar-refractivity contribution < 1.29 is 9.94 Å². The molecule has 80 valence electrons. The van der Waals surface area contributed by atoms with Crippen molar-refractivity contribution in [2.45, 2.75) is 59.2 Å². The van der Waals surface area contributed by atoms with Crippen molar-refractivity contribution in [2.75, 3.05) is 6.61 Å². The fourth-order valence-electron chi connectivity index (χ4n) is 1.01. The number of hydrogen-bond acceptors (Lipinski definition) is 3. The Morgan fingerprint density at radius 2 is 1.92 bits per heavy atom. The van der Waals surface area contributed by atoms with Crippen molar-refractivity contribution in [1.29, 1.82) is 0 Å². The lowest BCUT2D eigenvalue weighted by Crippen LogP contribution is -2.45. The van der Waals surface area contributed by atoms with Gasteiger partial charge in [0, 0.05) is 12.1 Å². The third-order valence-electron chi connectivity index (χ3n) is 1.89. The molecule has 0 amide bonds. The lowest BCUT2D eigenvalue weighted by molar-refractivity contribution is -0.253. The first-order chi connectivity index (χ1) is 5.89. The van der Waals surface area contributed by atoms with E-state index in [9.17, 15) is 5.21 Å². The molecule has 0 saturated carbocycles. The minimum absolute atomic E-state index is 0.230. The van der Waals surface area contributed by atoms with Crippen LogP contribution in [0.2, 0.25) is 0 Å². The molecule has 0 spiro atoms. The largest absolute Gasteiger partial charge is 0.361 e. The zero-order valence-corrected chi connectivity index (χ0v) is 9.50. The van der Waals surface area contributed by atoms with Crippen molar-refractivity contribution in [3.05, 3.63) is 0 Å². The van der Waals surface area contributed by atoms with Gasteiger partial charge in [0.25, 0.3) is 0 Å². The zero-order chi connectivity index (χ0) is 10.5. The maximum atomic E-state index is 9.66. The molecule has 0 heterocycles. The Labute approximate surface area is 81.6 Å². The summed E-state index contributed by atoms with van der Waals surface area (Å²) in [6, 6.07) is 0. The summed E-state index contributed by atoms with van der Waals surface area (Å²) in [5.74, 6) is 0. The predicted octanol–water partition coefficient (Wildman–Crippen LogP) is 2.64. The van der Waals surface area contributed by atoms with Crippen LogP contribution >= 0.6 is 0 Å². The summed E-state index contributed by atoms with van der Waals surface area (Å²) in [7, 11) is 0. The van der Waals surface area contributed by atoms with Crippen LogP contribution < -0.4 is 0 Å². The molecule has 0 aromatic heterocycles. The molecule has 0 aliphatic carbocycles. The Morgan fingerprint density at radius 3 is 2.31 bits per heavy atom. The highest BCUT2D eigenvalue weighted by atomic mass is 16.6. The minimum Gasteiger partial charge on any atom is -0.361 e. The number of rotatable bonds is 5. The molecule has 0 aromatic carbocycles. The number of hydroxylamine groups is 2. The summed E-state index contributed by atoms with van der Waals surface area (Å²) in [4.78, 5) is 0. The van der Waals surface area contributed by atoms with E-state index in [1.165, 1.54) is 5.06 Å². The van der Waals surface area contributed by atoms with Crippen LogP contribution in [0, 0.1) is 0 Å². The Morgan fingerprint density at radius 1 is 1.38 bits per heavy atom. The molecular weight excluding hydrogens is 166 g/mol. The van der Waals surface area contributed by atoms with Crippen LogP contribution in [0.25, 0.3) is 0 Å². The fourth-order valence-corrected chi connectivity index (χ4v) is 1.01. The topological polar surface area (TPSA) is 32.7 Å². The van der Waals surface area contributed by atoms with Gasteiger partial charge < -0.3 is 9.94 Å². The highest BCUT2D eigenvalue weighted by Crippen LogP contribution is 2.14. The Bertz CT molecular complexity index is 131. The Hall–Kier alpha value is -0.120. The van der Waals surface area contributed by atoms with Crippen molar-refractivity contribution in [3.8, 4) is 0 Å². The van der Waals surface area contributed by atoms with Gasteiger partial charge in [-0.2, -0.15) is 5.06 Å². The van der Waals surface area contributed by atoms with Gasteiger partial charge in [0.05, 0.1) is 0 Å². The van der Waals surface area contributed by atoms with Crippen LogP contribution in [0.4, 0.5) is 0 Å².